The Morgan fingerprint density at radius 3 is 2.58 bits per heavy atom. The Morgan fingerprint density at radius 2 is 1.88 bits per heavy atom. The summed E-state index contributed by atoms with van der Waals surface area (Å²) in [7, 11) is 1.51. The van der Waals surface area contributed by atoms with Crippen molar-refractivity contribution in [2.45, 2.75) is 33.0 Å². The molecule has 2 amide bonds. The Bertz CT molecular complexity index is 983. The molecular formula is C23H27Cl2N3O5. The molecule has 0 bridgehead atoms. The van der Waals surface area contributed by atoms with E-state index in [1.54, 1.807) is 36.4 Å². The van der Waals surface area contributed by atoms with E-state index in [0.717, 1.165) is 5.56 Å². The van der Waals surface area contributed by atoms with Gasteiger partial charge in [0.05, 0.1) is 19.4 Å². The van der Waals surface area contributed by atoms with Crippen molar-refractivity contribution >= 4 is 41.2 Å². The third-order valence-corrected chi connectivity index (χ3v) is 4.82. The van der Waals surface area contributed by atoms with Crippen LogP contribution >= 0.6 is 23.2 Å². The maximum absolute atomic E-state index is 11.8. The van der Waals surface area contributed by atoms with Gasteiger partial charge in [0.15, 0.2) is 11.5 Å². The van der Waals surface area contributed by atoms with Gasteiger partial charge in [-0.2, -0.15) is 5.10 Å². The van der Waals surface area contributed by atoms with Crippen molar-refractivity contribution in [2.24, 2.45) is 5.10 Å². The van der Waals surface area contributed by atoms with Crippen molar-refractivity contribution in [2.75, 3.05) is 20.3 Å². The fourth-order valence-corrected chi connectivity index (χ4v) is 3.03. The number of rotatable bonds is 11. The molecule has 0 saturated carbocycles. The molecule has 0 fully saturated rings. The van der Waals surface area contributed by atoms with Crippen LogP contribution in [0.3, 0.4) is 0 Å². The topological polar surface area (TPSA) is 98.2 Å². The number of amides is 2. The molecule has 0 aliphatic rings. The van der Waals surface area contributed by atoms with E-state index in [1.165, 1.54) is 13.3 Å². The van der Waals surface area contributed by atoms with Gasteiger partial charge in [0.2, 0.25) is 0 Å². The summed E-state index contributed by atoms with van der Waals surface area (Å²) in [6, 6.07) is 10.3. The number of carbonyl (C=O) groups excluding carboxylic acids is 2. The Morgan fingerprint density at radius 1 is 1.09 bits per heavy atom. The molecule has 10 heteroatoms. The number of methoxy groups -OCH3 is 1. The van der Waals surface area contributed by atoms with E-state index in [9.17, 15) is 9.59 Å². The predicted molar refractivity (Wildman–Crippen MR) is 128 cm³/mol. The summed E-state index contributed by atoms with van der Waals surface area (Å²) in [6.45, 7) is 4.93. The van der Waals surface area contributed by atoms with Gasteiger partial charge in [0, 0.05) is 28.8 Å². The SMILES string of the molecule is COc1cc(/C=N\NC(=O)C(=O)NCCCOC(C)C)ccc1OCc1ccc(Cl)cc1Cl. The maximum atomic E-state index is 11.8. The molecule has 0 heterocycles. The molecule has 33 heavy (non-hydrogen) atoms. The number of carbonyl (C=O) groups is 2. The van der Waals surface area contributed by atoms with E-state index in [-0.39, 0.29) is 12.7 Å². The molecule has 0 spiro atoms. The molecule has 0 aliphatic heterocycles. The largest absolute Gasteiger partial charge is 0.493 e. The van der Waals surface area contributed by atoms with Crippen LogP contribution in [-0.4, -0.2) is 44.4 Å². The van der Waals surface area contributed by atoms with Crippen LogP contribution in [0.1, 0.15) is 31.4 Å². The van der Waals surface area contributed by atoms with Crippen LogP contribution in [0, 0.1) is 0 Å². The van der Waals surface area contributed by atoms with E-state index in [4.69, 9.17) is 37.4 Å². The summed E-state index contributed by atoms with van der Waals surface area (Å²) >= 11 is 12.1. The van der Waals surface area contributed by atoms with Gasteiger partial charge in [0.1, 0.15) is 6.61 Å². The zero-order valence-electron chi connectivity index (χ0n) is 18.7. The summed E-state index contributed by atoms with van der Waals surface area (Å²) in [4.78, 5) is 23.6. The lowest BCUT2D eigenvalue weighted by molar-refractivity contribution is -0.139. The van der Waals surface area contributed by atoms with Gasteiger partial charge < -0.3 is 19.5 Å². The zero-order chi connectivity index (χ0) is 24.2. The van der Waals surface area contributed by atoms with Gasteiger partial charge in [-0.1, -0.05) is 29.3 Å². The molecule has 0 aromatic heterocycles. The van der Waals surface area contributed by atoms with E-state index >= 15 is 0 Å². The van der Waals surface area contributed by atoms with Crippen LogP contribution in [0.5, 0.6) is 11.5 Å². The van der Waals surface area contributed by atoms with Crippen molar-refractivity contribution in [3.05, 3.63) is 57.6 Å². The lowest BCUT2D eigenvalue weighted by atomic mass is 10.2. The molecule has 0 radical (unpaired) electrons. The number of hydrazone groups is 1. The smallest absolute Gasteiger partial charge is 0.329 e. The summed E-state index contributed by atoms with van der Waals surface area (Å²) < 4.78 is 16.5. The first kappa shape index (κ1) is 26.4. The number of hydrogen-bond acceptors (Lipinski definition) is 6. The van der Waals surface area contributed by atoms with Crippen LogP contribution in [-0.2, 0) is 20.9 Å². The van der Waals surface area contributed by atoms with E-state index in [2.05, 4.69) is 15.8 Å². The Balaban J connectivity index is 1.85. The average molecular weight is 496 g/mol. The van der Waals surface area contributed by atoms with Gasteiger partial charge in [-0.05, 0) is 56.2 Å². The van der Waals surface area contributed by atoms with Gasteiger partial charge >= 0.3 is 11.8 Å². The van der Waals surface area contributed by atoms with E-state index < -0.39 is 11.8 Å². The van der Waals surface area contributed by atoms with Crippen LogP contribution < -0.4 is 20.2 Å². The average Bonchev–Trinajstić information content (AvgIpc) is 2.78. The number of halogens is 2. The first-order chi connectivity index (χ1) is 15.8. The highest BCUT2D eigenvalue weighted by Crippen LogP contribution is 2.29. The molecule has 0 atom stereocenters. The molecule has 178 valence electrons. The Kier molecular flexibility index (Phi) is 11.0. The van der Waals surface area contributed by atoms with Crippen LogP contribution in [0.2, 0.25) is 10.0 Å². The second kappa shape index (κ2) is 13.7. The summed E-state index contributed by atoms with van der Waals surface area (Å²) in [5.41, 5.74) is 3.60. The normalized spacial score (nSPS) is 11.0. The standard InChI is InChI=1S/C23H27Cl2N3O5/c1-15(2)32-10-4-9-26-22(29)23(30)28-27-13-16-5-8-20(21(11-16)31-3)33-14-17-6-7-18(24)12-19(17)25/h5-8,11-13,15H,4,9-10,14H2,1-3H3,(H,26,29)(H,28,30)/b27-13-. The zero-order valence-corrected chi connectivity index (χ0v) is 20.2. The minimum absolute atomic E-state index is 0.125. The highest BCUT2D eigenvalue weighted by molar-refractivity contribution is 6.35. The van der Waals surface area contributed by atoms with Crippen LogP contribution in [0.25, 0.3) is 0 Å². The monoisotopic (exact) mass is 495 g/mol. The third-order valence-electron chi connectivity index (χ3n) is 4.23. The van der Waals surface area contributed by atoms with Crippen molar-refractivity contribution in [1.82, 2.24) is 10.7 Å². The van der Waals surface area contributed by atoms with Crippen molar-refractivity contribution in [3.8, 4) is 11.5 Å². The third kappa shape index (κ3) is 9.29. The second-order valence-corrected chi connectivity index (χ2v) is 8.01. The summed E-state index contributed by atoms with van der Waals surface area (Å²) in [5.74, 6) is -0.649. The summed E-state index contributed by atoms with van der Waals surface area (Å²) in [5, 5.41) is 7.37. The molecule has 0 unspecified atom stereocenters. The van der Waals surface area contributed by atoms with Gasteiger partial charge in [-0.15, -0.1) is 0 Å². The molecule has 2 aromatic rings. The quantitative estimate of drug-likeness (QED) is 0.212. The first-order valence-corrected chi connectivity index (χ1v) is 11.0. The van der Waals surface area contributed by atoms with Gasteiger partial charge in [-0.3, -0.25) is 9.59 Å². The van der Waals surface area contributed by atoms with Crippen LogP contribution in [0.15, 0.2) is 41.5 Å². The van der Waals surface area contributed by atoms with Gasteiger partial charge in [0.25, 0.3) is 0 Å². The van der Waals surface area contributed by atoms with Gasteiger partial charge in [-0.25, -0.2) is 5.43 Å². The maximum Gasteiger partial charge on any atom is 0.329 e. The van der Waals surface area contributed by atoms with E-state index in [1.807, 2.05) is 13.8 Å². The minimum atomic E-state index is -0.859. The Labute approximate surface area is 203 Å². The molecule has 8 nitrogen and oxygen atoms in total. The Hall–Kier alpha value is -2.81. The minimum Gasteiger partial charge on any atom is -0.493 e. The number of benzene rings is 2. The lowest BCUT2D eigenvalue weighted by Gasteiger charge is -2.12. The number of hydrogen-bond donors (Lipinski definition) is 2. The van der Waals surface area contributed by atoms with E-state index in [0.29, 0.717) is 46.7 Å². The van der Waals surface area contributed by atoms with Crippen LogP contribution in [0.4, 0.5) is 0 Å². The molecular weight excluding hydrogens is 469 g/mol. The van der Waals surface area contributed by atoms with Crippen molar-refractivity contribution in [1.29, 1.82) is 0 Å². The predicted octanol–water partition coefficient (Wildman–Crippen LogP) is 3.96. The molecule has 0 aliphatic carbocycles. The molecule has 2 rings (SSSR count). The first-order valence-electron chi connectivity index (χ1n) is 10.3. The number of nitrogens with one attached hydrogen (secondary N) is 2. The summed E-state index contributed by atoms with van der Waals surface area (Å²) in [6.07, 6.45) is 2.13. The van der Waals surface area contributed by atoms with Crippen molar-refractivity contribution < 1.29 is 23.8 Å². The number of ether oxygens (including phenoxy) is 3. The highest BCUT2D eigenvalue weighted by Gasteiger charge is 2.12. The lowest BCUT2D eigenvalue weighted by Crippen LogP contribution is -2.38. The molecule has 0 saturated heterocycles. The highest BCUT2D eigenvalue weighted by atomic mass is 35.5. The number of nitrogens with zero attached hydrogens (tertiary/aromatic N) is 1. The molecule has 2 N–H and O–H groups in total. The second-order valence-electron chi connectivity index (χ2n) is 7.16. The fourth-order valence-electron chi connectivity index (χ4n) is 2.57. The fraction of sp³-hybridized carbons (Fsp3) is 0.348. The van der Waals surface area contributed by atoms with Crippen molar-refractivity contribution in [3.63, 3.8) is 0 Å². The molecule has 2 aromatic carbocycles.